The van der Waals surface area contributed by atoms with Gasteiger partial charge in [0.1, 0.15) is 5.75 Å². The smallest absolute Gasteiger partial charge is 0.231 e. The Hall–Kier alpha value is -1.59. The summed E-state index contributed by atoms with van der Waals surface area (Å²) in [6.45, 7) is 6.94. The van der Waals surface area contributed by atoms with Crippen LogP contribution in [0.1, 0.15) is 44.2 Å². The summed E-state index contributed by atoms with van der Waals surface area (Å²) in [6, 6.07) is 9.20. The highest BCUT2D eigenvalue weighted by atomic mass is 127. The van der Waals surface area contributed by atoms with Gasteiger partial charge in [-0.3, -0.25) is 19.6 Å². The monoisotopic (exact) mass is 572 g/mol. The fourth-order valence-corrected chi connectivity index (χ4v) is 4.96. The lowest BCUT2D eigenvalue weighted by Crippen LogP contribution is -2.50. The van der Waals surface area contributed by atoms with Gasteiger partial charge in [-0.2, -0.15) is 0 Å². The van der Waals surface area contributed by atoms with Crippen LogP contribution in [0, 0.1) is 5.92 Å². The number of carbonyl (C=O) groups excluding carboxylic acids is 1. The Kier molecular flexibility index (Phi) is 11.7. The zero-order valence-electron chi connectivity index (χ0n) is 20.3. The van der Waals surface area contributed by atoms with E-state index >= 15 is 0 Å². The van der Waals surface area contributed by atoms with E-state index in [0.717, 1.165) is 57.3 Å². The van der Waals surface area contributed by atoms with Crippen LogP contribution in [0.3, 0.4) is 0 Å². The molecule has 2 unspecified atom stereocenters. The fraction of sp³-hybridized carbons (Fsp3) is 0.667. The second-order valence-electron chi connectivity index (χ2n) is 8.98. The molecule has 2 saturated heterocycles. The molecule has 0 aliphatic carbocycles. The lowest BCUT2D eigenvalue weighted by atomic mass is 9.85. The first-order valence-corrected chi connectivity index (χ1v) is 11.9. The normalized spacial score (nSPS) is 22.9. The van der Waals surface area contributed by atoms with Crippen molar-refractivity contribution in [3.8, 4) is 5.75 Å². The molecule has 0 radical (unpaired) electrons. The zero-order valence-corrected chi connectivity index (χ0v) is 22.6. The van der Waals surface area contributed by atoms with Crippen molar-refractivity contribution in [2.24, 2.45) is 16.6 Å². The molecule has 2 aliphatic rings. The summed E-state index contributed by atoms with van der Waals surface area (Å²) < 4.78 is 5.34. The number of methoxy groups -OCH3 is 1. The summed E-state index contributed by atoms with van der Waals surface area (Å²) >= 11 is 0. The molecule has 0 spiro atoms. The molecule has 2 heterocycles. The largest absolute Gasteiger partial charge is 0.497 e. The van der Waals surface area contributed by atoms with Crippen molar-refractivity contribution in [3.05, 3.63) is 29.8 Å². The molecule has 8 nitrogen and oxygen atoms in total. The van der Waals surface area contributed by atoms with E-state index in [9.17, 15) is 4.79 Å². The Morgan fingerprint density at radius 1 is 1.18 bits per heavy atom. The maximum Gasteiger partial charge on any atom is 0.231 e. The van der Waals surface area contributed by atoms with Crippen molar-refractivity contribution in [1.29, 1.82) is 0 Å². The van der Waals surface area contributed by atoms with Gasteiger partial charge < -0.3 is 21.1 Å². The van der Waals surface area contributed by atoms with Gasteiger partial charge in [0.05, 0.1) is 13.7 Å². The number of likely N-dealkylation sites (tertiary alicyclic amines) is 2. The molecule has 4 N–H and O–H groups in total. The third kappa shape index (κ3) is 8.29. The number of benzene rings is 1. The SMILES string of the molecule is CCNC(=NCC1CCCN(C)C1c1ccc(OC)cc1)NC1CCN(CC(N)=O)CC1.I. The molecule has 2 aliphatic heterocycles. The molecule has 0 saturated carbocycles. The minimum Gasteiger partial charge on any atom is -0.497 e. The van der Waals surface area contributed by atoms with Crippen LogP contribution in [0.15, 0.2) is 29.3 Å². The number of guanidine groups is 1. The van der Waals surface area contributed by atoms with Crippen molar-refractivity contribution in [2.75, 3.05) is 53.4 Å². The van der Waals surface area contributed by atoms with Crippen LogP contribution in [-0.4, -0.2) is 81.1 Å². The highest BCUT2D eigenvalue weighted by molar-refractivity contribution is 14.0. The van der Waals surface area contributed by atoms with Gasteiger partial charge in [0.15, 0.2) is 5.96 Å². The number of primary amides is 1. The van der Waals surface area contributed by atoms with Gasteiger partial charge in [0, 0.05) is 38.3 Å². The van der Waals surface area contributed by atoms with Crippen LogP contribution in [0.25, 0.3) is 0 Å². The molecule has 2 atom stereocenters. The Morgan fingerprint density at radius 2 is 1.88 bits per heavy atom. The molecule has 0 bridgehead atoms. The number of nitrogens with two attached hydrogens (primary N) is 1. The minimum absolute atomic E-state index is 0. The minimum atomic E-state index is -0.254. The second-order valence-corrected chi connectivity index (χ2v) is 8.98. The van der Waals surface area contributed by atoms with Gasteiger partial charge in [0.2, 0.25) is 5.91 Å². The van der Waals surface area contributed by atoms with Crippen molar-refractivity contribution < 1.29 is 9.53 Å². The summed E-state index contributed by atoms with van der Waals surface area (Å²) in [7, 11) is 3.92. The van der Waals surface area contributed by atoms with Crippen LogP contribution in [-0.2, 0) is 4.79 Å². The van der Waals surface area contributed by atoms with Crippen molar-refractivity contribution in [1.82, 2.24) is 20.4 Å². The average molecular weight is 573 g/mol. The molecule has 3 rings (SSSR count). The lowest BCUT2D eigenvalue weighted by Gasteiger charge is -2.39. The van der Waals surface area contributed by atoms with Crippen LogP contribution in [0.5, 0.6) is 5.75 Å². The molecule has 1 amide bonds. The van der Waals surface area contributed by atoms with E-state index in [0.29, 0.717) is 24.5 Å². The molecule has 0 aromatic heterocycles. The van der Waals surface area contributed by atoms with Crippen molar-refractivity contribution in [3.63, 3.8) is 0 Å². The van der Waals surface area contributed by atoms with Gasteiger partial charge in [-0.1, -0.05) is 12.1 Å². The third-order valence-electron chi connectivity index (χ3n) is 6.60. The predicted molar refractivity (Wildman–Crippen MR) is 144 cm³/mol. The van der Waals surface area contributed by atoms with E-state index in [1.54, 1.807) is 7.11 Å². The van der Waals surface area contributed by atoms with Crippen molar-refractivity contribution in [2.45, 2.75) is 44.7 Å². The first-order valence-electron chi connectivity index (χ1n) is 11.9. The lowest BCUT2D eigenvalue weighted by molar-refractivity contribution is -0.119. The van der Waals surface area contributed by atoms with E-state index in [-0.39, 0.29) is 29.9 Å². The van der Waals surface area contributed by atoms with E-state index < -0.39 is 0 Å². The summed E-state index contributed by atoms with van der Waals surface area (Å²) in [6.07, 6.45) is 4.34. The predicted octanol–water partition coefficient (Wildman–Crippen LogP) is 2.20. The number of hydrogen-bond acceptors (Lipinski definition) is 5. The first-order chi connectivity index (χ1) is 15.5. The standard InChI is InChI=1S/C24H40N6O2.HI/c1-4-26-24(28-20-11-14-30(15-12-20)17-22(25)31)27-16-19-6-5-13-29(2)23(19)18-7-9-21(32-3)10-8-18;/h7-10,19-20,23H,4-6,11-17H2,1-3H3,(H2,25,31)(H2,26,27,28);1H. The number of ether oxygens (including phenoxy) is 1. The first kappa shape index (κ1) is 27.7. The van der Waals surface area contributed by atoms with Gasteiger partial charge in [-0.25, -0.2) is 0 Å². The number of carbonyl (C=O) groups is 1. The van der Waals surface area contributed by atoms with Crippen molar-refractivity contribution >= 4 is 35.8 Å². The Labute approximate surface area is 215 Å². The molecule has 1 aromatic rings. The van der Waals surface area contributed by atoms with E-state index in [1.807, 2.05) is 12.1 Å². The molecule has 1 aromatic carbocycles. The molecule has 186 valence electrons. The molecule has 33 heavy (non-hydrogen) atoms. The maximum atomic E-state index is 11.2. The number of halogens is 1. The number of hydrogen-bond donors (Lipinski definition) is 3. The number of amides is 1. The quantitative estimate of drug-likeness (QED) is 0.251. The van der Waals surface area contributed by atoms with Crippen LogP contribution in [0.2, 0.25) is 0 Å². The van der Waals surface area contributed by atoms with E-state index in [1.165, 1.54) is 18.4 Å². The van der Waals surface area contributed by atoms with Crippen LogP contribution >= 0.6 is 24.0 Å². The number of nitrogens with one attached hydrogen (secondary N) is 2. The summed E-state index contributed by atoms with van der Waals surface area (Å²) in [4.78, 5) is 20.7. The fourth-order valence-electron chi connectivity index (χ4n) is 4.96. The second kappa shape index (κ2) is 14.0. The summed E-state index contributed by atoms with van der Waals surface area (Å²) in [5.74, 6) is 2.00. The highest BCUT2D eigenvalue weighted by Crippen LogP contribution is 2.35. The topological polar surface area (TPSA) is 95.2 Å². The Bertz CT molecular complexity index is 752. The molecular formula is C24H41IN6O2. The van der Waals surface area contributed by atoms with Gasteiger partial charge in [-0.05, 0) is 69.8 Å². The van der Waals surface area contributed by atoms with Gasteiger partial charge in [-0.15, -0.1) is 24.0 Å². The number of nitrogens with zero attached hydrogens (tertiary/aromatic N) is 3. The Balaban J connectivity index is 0.00000385. The number of rotatable bonds is 8. The highest BCUT2D eigenvalue weighted by Gasteiger charge is 2.30. The molecular weight excluding hydrogens is 531 g/mol. The zero-order chi connectivity index (χ0) is 22.9. The average Bonchev–Trinajstić information content (AvgIpc) is 2.79. The third-order valence-corrected chi connectivity index (χ3v) is 6.60. The molecule has 2 fully saturated rings. The number of piperidine rings is 2. The van der Waals surface area contributed by atoms with Gasteiger partial charge in [0.25, 0.3) is 0 Å². The number of aliphatic imine (C=N–C) groups is 1. The van der Waals surface area contributed by atoms with E-state index in [2.05, 4.69) is 46.5 Å². The van der Waals surface area contributed by atoms with Crippen LogP contribution in [0.4, 0.5) is 0 Å². The molecule has 9 heteroatoms. The Morgan fingerprint density at radius 3 is 2.48 bits per heavy atom. The van der Waals surface area contributed by atoms with Gasteiger partial charge >= 0.3 is 0 Å². The van der Waals surface area contributed by atoms with Crippen LogP contribution < -0.4 is 21.1 Å². The van der Waals surface area contributed by atoms with E-state index in [4.69, 9.17) is 15.5 Å². The summed E-state index contributed by atoms with van der Waals surface area (Å²) in [5, 5.41) is 7.03. The summed E-state index contributed by atoms with van der Waals surface area (Å²) in [5.41, 5.74) is 6.66. The maximum absolute atomic E-state index is 11.2.